The fourth-order valence-corrected chi connectivity index (χ4v) is 7.05. The van der Waals surface area contributed by atoms with Crippen LogP contribution in [-0.2, 0) is 0 Å². The maximum atomic E-state index is 9.13. The minimum Gasteiger partial charge on any atom is -0.311 e. The molecule has 0 aromatic heterocycles. The minimum absolute atomic E-state index is 0.0759. The van der Waals surface area contributed by atoms with Crippen molar-refractivity contribution in [3.63, 3.8) is 0 Å². The Morgan fingerprint density at radius 1 is 0.259 bits per heavy atom. The van der Waals surface area contributed by atoms with E-state index in [2.05, 4.69) is 113 Å². The Kier molecular flexibility index (Phi) is 7.81. The summed E-state index contributed by atoms with van der Waals surface area (Å²) in [6, 6.07) is 68.9. The molecular formula is C52H38N2. The van der Waals surface area contributed by atoms with Crippen molar-refractivity contribution in [2.24, 2.45) is 0 Å². The molecule has 0 saturated heterocycles. The summed E-state index contributed by atoms with van der Waals surface area (Å²) in [5.41, 5.74) is 9.89. The molecule has 0 spiro atoms. The summed E-state index contributed by atoms with van der Waals surface area (Å²) in [5.74, 6) is 0. The average molecular weight is 695 g/mol. The molecule has 0 saturated carbocycles. The highest BCUT2D eigenvalue weighted by atomic mass is 15.1. The number of hydrogen-bond acceptors (Lipinski definition) is 2. The Labute approximate surface area is 323 Å². The van der Waals surface area contributed by atoms with Crippen LogP contribution in [0.5, 0.6) is 0 Å². The van der Waals surface area contributed by atoms with E-state index in [1.807, 2.05) is 103 Å². The van der Waals surface area contributed by atoms with Crippen LogP contribution in [0, 0.1) is 0 Å². The van der Waals surface area contributed by atoms with Crippen LogP contribution in [0.3, 0.4) is 0 Å². The first kappa shape index (κ1) is 28.4. The number of fused-ring (bicyclic) bond motifs is 1. The largest absolute Gasteiger partial charge is 0.311 e. The second-order valence-electron chi connectivity index (χ2n) is 13.1. The normalized spacial score (nSPS) is 12.0. The van der Waals surface area contributed by atoms with Gasteiger partial charge in [-0.2, -0.15) is 0 Å². The number of nitrogens with zero attached hydrogens (tertiary/aromatic N) is 2. The van der Waals surface area contributed by atoms with Crippen LogP contribution in [-0.4, -0.2) is 0 Å². The zero-order chi connectivity index (χ0) is 39.6. The van der Waals surface area contributed by atoms with Crippen molar-refractivity contribution in [3.05, 3.63) is 230 Å². The zero-order valence-electron chi connectivity index (χ0n) is 33.5. The first-order chi connectivity index (χ1) is 28.5. The van der Waals surface area contributed by atoms with Gasteiger partial charge in [-0.1, -0.05) is 158 Å². The summed E-state index contributed by atoms with van der Waals surface area (Å²) in [6.07, 6.45) is 0. The van der Waals surface area contributed by atoms with Crippen LogP contribution >= 0.6 is 0 Å². The maximum absolute atomic E-state index is 9.13. The predicted octanol–water partition coefficient (Wildman–Crippen LogP) is 14.8. The smallest absolute Gasteiger partial charge is 0.0629 e. The van der Waals surface area contributed by atoms with Crippen LogP contribution in [0.4, 0.5) is 34.1 Å². The fraction of sp³-hybridized carbons (Fsp3) is 0. The Bertz CT molecular complexity index is 2770. The molecule has 0 bridgehead atoms. The van der Waals surface area contributed by atoms with Crippen LogP contribution in [0.25, 0.3) is 44.2 Å². The molecule has 9 aromatic rings. The quantitative estimate of drug-likeness (QED) is 0.148. The summed E-state index contributed by atoms with van der Waals surface area (Å²) in [7, 11) is 0. The third kappa shape index (κ3) is 6.65. The van der Waals surface area contributed by atoms with Crippen molar-refractivity contribution in [3.8, 4) is 33.4 Å². The number of benzene rings is 9. The second kappa shape index (κ2) is 14.8. The van der Waals surface area contributed by atoms with E-state index in [1.54, 1.807) is 0 Å². The lowest BCUT2D eigenvalue weighted by Gasteiger charge is -2.26. The molecule has 9 aromatic carbocycles. The van der Waals surface area contributed by atoms with E-state index in [1.165, 1.54) is 16.3 Å². The minimum atomic E-state index is -0.0769. The van der Waals surface area contributed by atoms with E-state index in [0.29, 0.717) is 11.1 Å². The van der Waals surface area contributed by atoms with Crippen LogP contribution in [0.2, 0.25) is 0 Å². The van der Waals surface area contributed by atoms with Gasteiger partial charge in [-0.25, -0.2) is 0 Å². The molecule has 0 N–H and O–H groups in total. The summed E-state index contributed by atoms with van der Waals surface area (Å²) >= 11 is 0. The van der Waals surface area contributed by atoms with Gasteiger partial charge in [-0.15, -0.1) is 0 Å². The molecule has 2 heteroatoms. The number of hydrogen-bond donors (Lipinski definition) is 0. The van der Waals surface area contributed by atoms with Crippen molar-refractivity contribution in [1.82, 2.24) is 0 Å². The van der Waals surface area contributed by atoms with Gasteiger partial charge >= 0.3 is 0 Å². The van der Waals surface area contributed by atoms with Gasteiger partial charge in [0.25, 0.3) is 0 Å². The highest BCUT2D eigenvalue weighted by Gasteiger charge is 2.15. The topological polar surface area (TPSA) is 6.48 Å². The van der Waals surface area contributed by atoms with Gasteiger partial charge in [0.05, 0.1) is 5.48 Å². The van der Waals surface area contributed by atoms with Crippen LogP contribution < -0.4 is 9.80 Å². The Morgan fingerprint density at radius 2 is 0.593 bits per heavy atom. The van der Waals surface area contributed by atoms with Gasteiger partial charge in [0.2, 0.25) is 0 Å². The van der Waals surface area contributed by atoms with Gasteiger partial charge in [0.1, 0.15) is 0 Å². The third-order valence-corrected chi connectivity index (χ3v) is 9.72. The van der Waals surface area contributed by atoms with E-state index in [4.69, 9.17) is 5.48 Å². The first-order valence-corrected chi connectivity index (χ1v) is 18.1. The standard InChI is InChI=1S/C52H38N2/c1-4-15-45(16-5-1)53(46-17-6-2-7-18-46)48-33-27-41(28-34-48)39-23-25-40(26-24-39)42-29-35-49(36-30-42)54(47-19-8-3-9-20-47)50-37-31-44(32-38-50)52-22-12-14-43-13-10-11-21-51(43)52/h1-38H/i23D,24D,25D,26D. The van der Waals surface area contributed by atoms with Crippen molar-refractivity contribution < 1.29 is 5.48 Å². The van der Waals surface area contributed by atoms with Gasteiger partial charge in [0.15, 0.2) is 0 Å². The summed E-state index contributed by atoms with van der Waals surface area (Å²) in [5, 5.41) is 2.41. The molecule has 0 amide bonds. The molecule has 54 heavy (non-hydrogen) atoms. The third-order valence-electron chi connectivity index (χ3n) is 9.72. The lowest BCUT2D eigenvalue weighted by Crippen LogP contribution is -2.09. The molecule has 0 fully saturated rings. The average Bonchev–Trinajstić information content (AvgIpc) is 3.28. The number of anilines is 6. The number of rotatable bonds is 9. The highest BCUT2D eigenvalue weighted by Crippen LogP contribution is 2.39. The van der Waals surface area contributed by atoms with Gasteiger partial charge in [-0.3, -0.25) is 0 Å². The van der Waals surface area contributed by atoms with Crippen molar-refractivity contribution in [2.45, 2.75) is 0 Å². The summed E-state index contributed by atoms with van der Waals surface area (Å²) in [4.78, 5) is 4.32. The molecule has 0 radical (unpaired) electrons. The lowest BCUT2D eigenvalue weighted by atomic mass is 9.98. The Morgan fingerprint density at radius 3 is 1.02 bits per heavy atom. The van der Waals surface area contributed by atoms with E-state index in [-0.39, 0.29) is 35.3 Å². The lowest BCUT2D eigenvalue weighted by molar-refractivity contribution is 1.28. The monoisotopic (exact) mass is 694 g/mol. The summed E-state index contributed by atoms with van der Waals surface area (Å²) < 4.78 is 36.5. The Hall–Kier alpha value is -7.16. The molecule has 9 rings (SSSR count). The van der Waals surface area contributed by atoms with Gasteiger partial charge < -0.3 is 9.80 Å². The predicted molar refractivity (Wildman–Crippen MR) is 230 cm³/mol. The summed E-state index contributed by atoms with van der Waals surface area (Å²) in [6.45, 7) is 0. The zero-order valence-corrected chi connectivity index (χ0v) is 29.5. The molecule has 2 nitrogen and oxygen atoms in total. The van der Waals surface area contributed by atoms with Crippen molar-refractivity contribution in [1.29, 1.82) is 0 Å². The molecule has 0 heterocycles. The van der Waals surface area contributed by atoms with Crippen LogP contribution in [0.1, 0.15) is 5.48 Å². The molecule has 0 unspecified atom stereocenters. The first-order valence-electron chi connectivity index (χ1n) is 20.1. The van der Waals surface area contributed by atoms with Gasteiger partial charge in [0, 0.05) is 34.1 Å². The van der Waals surface area contributed by atoms with Crippen LogP contribution in [0.15, 0.2) is 230 Å². The van der Waals surface area contributed by atoms with E-state index in [0.717, 1.165) is 39.7 Å². The molecular weight excluding hydrogens is 653 g/mol. The van der Waals surface area contributed by atoms with Crippen molar-refractivity contribution >= 4 is 44.9 Å². The molecule has 0 aliphatic carbocycles. The maximum Gasteiger partial charge on any atom is 0.0629 e. The highest BCUT2D eigenvalue weighted by molar-refractivity contribution is 5.97. The Balaban J connectivity index is 1.04. The molecule has 0 aliphatic heterocycles. The SMILES string of the molecule is [2H]c1c([2H])c(-c2ccc(N(c3ccccc3)c3ccc(-c4cccc5ccccc45)cc3)cc2)c([2H])c([2H])c1-c1ccc(N(c2ccccc2)c2ccccc2)cc1. The molecule has 256 valence electrons. The second-order valence-corrected chi connectivity index (χ2v) is 13.1. The van der Waals surface area contributed by atoms with Crippen molar-refractivity contribution in [2.75, 3.05) is 9.80 Å². The van der Waals surface area contributed by atoms with E-state index in [9.17, 15) is 0 Å². The van der Waals surface area contributed by atoms with E-state index >= 15 is 0 Å². The fourth-order valence-electron chi connectivity index (χ4n) is 7.05. The molecule has 0 atom stereocenters. The van der Waals surface area contributed by atoms with E-state index < -0.39 is 0 Å². The number of para-hydroxylation sites is 3. The molecule has 0 aliphatic rings. The van der Waals surface area contributed by atoms with Gasteiger partial charge in [-0.05, 0) is 117 Å².